The summed E-state index contributed by atoms with van der Waals surface area (Å²) in [4.78, 5) is 37.0. The van der Waals surface area contributed by atoms with E-state index in [1.165, 1.54) is 18.0 Å². The van der Waals surface area contributed by atoms with Crippen LogP contribution in [-0.4, -0.2) is 46.2 Å². The zero-order chi connectivity index (χ0) is 23.3. The minimum atomic E-state index is -0.994. The Morgan fingerprint density at radius 2 is 1.72 bits per heavy atom. The third kappa shape index (κ3) is 5.72. The highest BCUT2D eigenvalue weighted by molar-refractivity contribution is 6.00. The number of hydrogen-bond donors (Lipinski definition) is 3. The van der Waals surface area contributed by atoms with Crippen LogP contribution in [0, 0.1) is 6.92 Å². The molecule has 3 rings (SSSR count). The largest absolute Gasteiger partial charge is 0.481 e. The van der Waals surface area contributed by atoms with Crippen LogP contribution in [0.5, 0.6) is 0 Å². The summed E-state index contributed by atoms with van der Waals surface area (Å²) >= 11 is 0. The van der Waals surface area contributed by atoms with Crippen molar-refractivity contribution in [3.05, 3.63) is 65.9 Å². The first kappa shape index (κ1) is 22.5. The molecular weight excluding hydrogens is 412 g/mol. The van der Waals surface area contributed by atoms with Gasteiger partial charge in [0.1, 0.15) is 5.69 Å². The predicted molar refractivity (Wildman–Crippen MR) is 120 cm³/mol. The minimum Gasteiger partial charge on any atom is -0.481 e. The lowest BCUT2D eigenvalue weighted by Crippen LogP contribution is -2.36. The maximum Gasteiger partial charge on any atom is 0.323 e. The highest BCUT2D eigenvalue weighted by atomic mass is 16.5. The first-order valence-corrected chi connectivity index (χ1v) is 9.93. The molecule has 3 N–H and O–H groups in total. The molecule has 0 spiro atoms. The van der Waals surface area contributed by atoms with Crippen molar-refractivity contribution >= 4 is 29.3 Å². The number of carbonyl (C=O) groups excluding carboxylic acids is 2. The number of benzene rings is 2. The number of aromatic nitrogens is 1. The molecule has 0 aliphatic heterocycles. The van der Waals surface area contributed by atoms with Crippen LogP contribution < -0.4 is 10.6 Å². The van der Waals surface area contributed by atoms with E-state index in [1.54, 1.807) is 37.3 Å². The van der Waals surface area contributed by atoms with E-state index in [4.69, 9.17) is 9.63 Å². The number of carboxylic acid groups (broad SMARTS) is 1. The number of hydrogen-bond acceptors (Lipinski definition) is 5. The Labute approximate surface area is 185 Å². The average molecular weight is 436 g/mol. The van der Waals surface area contributed by atoms with Gasteiger partial charge in [0.05, 0.1) is 6.42 Å². The van der Waals surface area contributed by atoms with Crippen LogP contribution in [0.15, 0.2) is 59.1 Å². The van der Waals surface area contributed by atoms with Gasteiger partial charge < -0.3 is 25.2 Å². The fourth-order valence-corrected chi connectivity index (χ4v) is 3.05. The van der Waals surface area contributed by atoms with Crippen LogP contribution in [-0.2, 0) is 4.79 Å². The third-order valence-electron chi connectivity index (χ3n) is 4.86. The Balaban J connectivity index is 1.69. The van der Waals surface area contributed by atoms with Gasteiger partial charge in [0.15, 0.2) is 0 Å². The number of aliphatic carboxylic acids is 1. The Hall–Kier alpha value is -4.14. The summed E-state index contributed by atoms with van der Waals surface area (Å²) in [5.41, 5.74) is 3.30. The molecule has 2 aromatic carbocycles. The second-order valence-corrected chi connectivity index (χ2v) is 7.47. The molecule has 9 nitrogen and oxygen atoms in total. The minimum absolute atomic E-state index is 0.00436. The van der Waals surface area contributed by atoms with E-state index in [1.807, 2.05) is 25.1 Å². The van der Waals surface area contributed by atoms with Crippen molar-refractivity contribution < 1.29 is 24.0 Å². The normalized spacial score (nSPS) is 11.5. The van der Waals surface area contributed by atoms with Crippen molar-refractivity contribution in [2.24, 2.45) is 0 Å². The van der Waals surface area contributed by atoms with E-state index in [2.05, 4.69) is 15.8 Å². The van der Waals surface area contributed by atoms with Crippen LogP contribution >= 0.6 is 0 Å². The van der Waals surface area contributed by atoms with Gasteiger partial charge in [0.2, 0.25) is 5.76 Å². The Kier molecular flexibility index (Phi) is 6.89. The van der Waals surface area contributed by atoms with Gasteiger partial charge >= 0.3 is 12.0 Å². The summed E-state index contributed by atoms with van der Waals surface area (Å²) in [5.74, 6) is -1.47. The zero-order valence-corrected chi connectivity index (χ0v) is 18.0. The van der Waals surface area contributed by atoms with Gasteiger partial charge in [0, 0.05) is 36.1 Å². The summed E-state index contributed by atoms with van der Waals surface area (Å²) in [6.45, 7) is 3.58. The highest BCUT2D eigenvalue weighted by Gasteiger charge is 2.23. The summed E-state index contributed by atoms with van der Waals surface area (Å²) in [6, 6.07) is 15.0. The van der Waals surface area contributed by atoms with Crippen LogP contribution in [0.1, 0.15) is 29.5 Å². The van der Waals surface area contributed by atoms with E-state index < -0.39 is 23.9 Å². The topological polar surface area (TPSA) is 125 Å². The molecule has 0 bridgehead atoms. The van der Waals surface area contributed by atoms with E-state index in [0.717, 1.165) is 5.56 Å². The number of carbonyl (C=O) groups is 3. The number of nitrogens with zero attached hydrogens (tertiary/aromatic N) is 2. The van der Waals surface area contributed by atoms with E-state index in [9.17, 15) is 14.4 Å². The summed E-state index contributed by atoms with van der Waals surface area (Å²) in [7, 11) is 1.51. The van der Waals surface area contributed by atoms with Crippen LogP contribution in [0.25, 0.3) is 11.3 Å². The number of nitrogens with one attached hydrogen (secondary N) is 2. The van der Waals surface area contributed by atoms with E-state index in [0.29, 0.717) is 22.6 Å². The highest BCUT2D eigenvalue weighted by Crippen LogP contribution is 2.23. The second kappa shape index (κ2) is 9.78. The number of carboxylic acids is 1. The van der Waals surface area contributed by atoms with Crippen molar-refractivity contribution in [2.45, 2.75) is 26.3 Å². The number of amides is 3. The molecule has 0 saturated carbocycles. The quantitative estimate of drug-likeness (QED) is 0.509. The van der Waals surface area contributed by atoms with Crippen molar-refractivity contribution in [2.75, 3.05) is 17.7 Å². The number of anilines is 2. The van der Waals surface area contributed by atoms with Gasteiger partial charge in [-0.2, -0.15) is 0 Å². The summed E-state index contributed by atoms with van der Waals surface area (Å²) in [5, 5.41) is 18.4. The summed E-state index contributed by atoms with van der Waals surface area (Å²) < 4.78 is 5.18. The number of rotatable bonds is 7. The van der Waals surface area contributed by atoms with Gasteiger partial charge in [-0.15, -0.1) is 0 Å². The standard InChI is InChI=1S/C23H24N4O5/c1-14-6-4-8-17(10-14)24-23(31)25-18-9-5-7-16(12-18)19-13-20(32-26-19)22(30)27(3)15(2)11-21(28)29/h4-10,12-13,15H,11H2,1-3H3,(H,28,29)(H2,24,25,31). The van der Waals surface area contributed by atoms with Gasteiger partial charge in [-0.05, 0) is 43.7 Å². The van der Waals surface area contributed by atoms with Crippen molar-refractivity contribution in [3.8, 4) is 11.3 Å². The van der Waals surface area contributed by atoms with Gasteiger partial charge in [-0.25, -0.2) is 4.79 Å². The molecular formula is C23H24N4O5. The fourth-order valence-electron chi connectivity index (χ4n) is 3.05. The van der Waals surface area contributed by atoms with E-state index >= 15 is 0 Å². The molecule has 0 fully saturated rings. The molecule has 3 amide bonds. The predicted octanol–water partition coefficient (Wildman–Crippen LogP) is 4.23. The summed E-state index contributed by atoms with van der Waals surface area (Å²) in [6.07, 6.45) is -0.179. The lowest BCUT2D eigenvalue weighted by molar-refractivity contribution is -0.137. The molecule has 1 aromatic heterocycles. The number of aryl methyl sites for hydroxylation is 1. The van der Waals surface area contributed by atoms with Gasteiger partial charge in [-0.3, -0.25) is 9.59 Å². The maximum absolute atomic E-state index is 12.6. The molecule has 0 aliphatic rings. The zero-order valence-electron chi connectivity index (χ0n) is 18.0. The number of urea groups is 1. The Morgan fingerprint density at radius 3 is 2.38 bits per heavy atom. The first-order chi connectivity index (χ1) is 15.2. The van der Waals surface area contributed by atoms with Gasteiger partial charge in [-0.1, -0.05) is 29.4 Å². The Morgan fingerprint density at radius 1 is 1.06 bits per heavy atom. The molecule has 1 atom stereocenters. The Bertz CT molecular complexity index is 1140. The maximum atomic E-state index is 12.6. The molecule has 0 saturated heterocycles. The molecule has 9 heteroatoms. The van der Waals surface area contributed by atoms with Crippen molar-refractivity contribution in [3.63, 3.8) is 0 Å². The molecule has 1 unspecified atom stereocenters. The van der Waals surface area contributed by atoms with Crippen LogP contribution in [0.3, 0.4) is 0 Å². The lowest BCUT2D eigenvalue weighted by Gasteiger charge is -2.22. The molecule has 0 aliphatic carbocycles. The smallest absolute Gasteiger partial charge is 0.323 e. The molecule has 166 valence electrons. The van der Waals surface area contributed by atoms with Crippen molar-refractivity contribution in [1.29, 1.82) is 0 Å². The molecule has 1 heterocycles. The molecule has 32 heavy (non-hydrogen) atoms. The second-order valence-electron chi connectivity index (χ2n) is 7.47. The van der Waals surface area contributed by atoms with Crippen LogP contribution in [0.4, 0.5) is 16.2 Å². The lowest BCUT2D eigenvalue weighted by atomic mass is 10.1. The fraction of sp³-hybridized carbons (Fsp3) is 0.217. The average Bonchev–Trinajstić information content (AvgIpc) is 3.22. The van der Waals surface area contributed by atoms with E-state index in [-0.39, 0.29) is 12.2 Å². The molecule has 0 radical (unpaired) electrons. The third-order valence-corrected chi connectivity index (χ3v) is 4.86. The van der Waals surface area contributed by atoms with Crippen LogP contribution in [0.2, 0.25) is 0 Å². The van der Waals surface area contributed by atoms with Crippen molar-refractivity contribution in [1.82, 2.24) is 10.1 Å². The van der Waals surface area contributed by atoms with Gasteiger partial charge in [0.25, 0.3) is 5.91 Å². The first-order valence-electron chi connectivity index (χ1n) is 9.93. The molecule has 3 aromatic rings. The monoisotopic (exact) mass is 436 g/mol. The SMILES string of the molecule is Cc1cccc(NC(=O)Nc2cccc(-c3cc(C(=O)N(C)C(C)CC(=O)O)on3)c2)c1.